The van der Waals surface area contributed by atoms with Crippen LogP contribution in [0.3, 0.4) is 0 Å². The first-order valence-corrected chi connectivity index (χ1v) is 8.54. The van der Waals surface area contributed by atoms with Crippen molar-refractivity contribution < 1.29 is 19.4 Å². The van der Waals surface area contributed by atoms with Gasteiger partial charge in [0.15, 0.2) is 0 Å². The van der Waals surface area contributed by atoms with Gasteiger partial charge in [0.2, 0.25) is 5.91 Å². The highest BCUT2D eigenvalue weighted by Crippen LogP contribution is 2.22. The number of anilines is 1. The van der Waals surface area contributed by atoms with Crippen LogP contribution in [0.5, 0.6) is 5.75 Å². The minimum absolute atomic E-state index is 0.0165. The Labute approximate surface area is 154 Å². The molecule has 6 heteroatoms. The lowest BCUT2D eigenvalue weighted by molar-refractivity contribution is -0.111. The third-order valence-electron chi connectivity index (χ3n) is 3.26. The summed E-state index contributed by atoms with van der Waals surface area (Å²) in [5, 5.41) is 11.8. The SMILES string of the molecule is CCCOc1ccccc1/C=C/C(=O)Nc1ccc(Br)cc1C(=O)O. The van der Waals surface area contributed by atoms with E-state index in [0.29, 0.717) is 16.8 Å². The lowest BCUT2D eigenvalue weighted by Gasteiger charge is -2.08. The summed E-state index contributed by atoms with van der Waals surface area (Å²) in [5.74, 6) is -0.836. The van der Waals surface area contributed by atoms with Crippen molar-refractivity contribution in [2.24, 2.45) is 0 Å². The van der Waals surface area contributed by atoms with E-state index in [1.54, 1.807) is 12.1 Å². The highest BCUT2D eigenvalue weighted by Gasteiger charge is 2.12. The van der Waals surface area contributed by atoms with E-state index in [0.717, 1.165) is 12.0 Å². The molecule has 0 aromatic heterocycles. The molecule has 2 aromatic rings. The number of rotatable bonds is 7. The number of carboxylic acids is 1. The average molecular weight is 404 g/mol. The van der Waals surface area contributed by atoms with E-state index >= 15 is 0 Å². The van der Waals surface area contributed by atoms with Crippen molar-refractivity contribution in [3.05, 3.63) is 64.1 Å². The van der Waals surface area contributed by atoms with E-state index in [1.165, 1.54) is 18.2 Å². The van der Waals surface area contributed by atoms with Gasteiger partial charge < -0.3 is 15.2 Å². The third-order valence-corrected chi connectivity index (χ3v) is 3.76. The van der Waals surface area contributed by atoms with Gasteiger partial charge in [-0.2, -0.15) is 0 Å². The van der Waals surface area contributed by atoms with Crippen LogP contribution in [0.15, 0.2) is 53.0 Å². The van der Waals surface area contributed by atoms with Gasteiger partial charge in [-0.1, -0.05) is 41.1 Å². The minimum Gasteiger partial charge on any atom is -0.493 e. The van der Waals surface area contributed by atoms with Crippen LogP contribution < -0.4 is 10.1 Å². The fraction of sp³-hybridized carbons (Fsp3) is 0.158. The summed E-state index contributed by atoms with van der Waals surface area (Å²) in [6, 6.07) is 12.0. The van der Waals surface area contributed by atoms with Crippen LogP contribution in [0, 0.1) is 0 Å². The number of nitrogens with one attached hydrogen (secondary N) is 1. The van der Waals surface area contributed by atoms with Gasteiger partial charge in [-0.3, -0.25) is 4.79 Å². The summed E-state index contributed by atoms with van der Waals surface area (Å²) in [7, 11) is 0. The molecule has 0 bridgehead atoms. The summed E-state index contributed by atoms with van der Waals surface area (Å²) >= 11 is 3.22. The molecule has 0 aliphatic rings. The molecule has 2 rings (SSSR count). The monoisotopic (exact) mass is 403 g/mol. The van der Waals surface area contributed by atoms with Crippen LogP contribution in [0.4, 0.5) is 5.69 Å². The number of halogens is 1. The Hall–Kier alpha value is -2.60. The topological polar surface area (TPSA) is 75.6 Å². The Morgan fingerprint density at radius 3 is 2.72 bits per heavy atom. The van der Waals surface area contributed by atoms with Crippen LogP contribution in [-0.2, 0) is 4.79 Å². The molecule has 0 saturated carbocycles. The third kappa shape index (κ3) is 5.46. The van der Waals surface area contributed by atoms with Crippen molar-refractivity contribution in [2.45, 2.75) is 13.3 Å². The van der Waals surface area contributed by atoms with Crippen molar-refractivity contribution in [3.63, 3.8) is 0 Å². The molecular weight excluding hydrogens is 386 g/mol. The number of ether oxygens (including phenoxy) is 1. The van der Waals surface area contributed by atoms with Gasteiger partial charge >= 0.3 is 5.97 Å². The first kappa shape index (κ1) is 18.7. The Kier molecular flexibility index (Phi) is 6.77. The molecule has 0 spiro atoms. The van der Waals surface area contributed by atoms with Crippen molar-refractivity contribution in [3.8, 4) is 5.75 Å². The number of para-hydroxylation sites is 1. The lowest BCUT2D eigenvalue weighted by Crippen LogP contribution is -2.12. The fourth-order valence-corrected chi connectivity index (χ4v) is 2.47. The standard InChI is InChI=1S/C19H18BrNO4/c1-2-11-25-17-6-4-3-5-13(17)7-10-18(22)21-16-9-8-14(20)12-15(16)19(23)24/h3-10,12H,2,11H2,1H3,(H,21,22)(H,23,24)/b10-7+. The van der Waals surface area contributed by atoms with Crippen molar-refractivity contribution in [2.75, 3.05) is 11.9 Å². The van der Waals surface area contributed by atoms with Gasteiger partial charge in [0.1, 0.15) is 5.75 Å². The molecule has 25 heavy (non-hydrogen) atoms. The predicted molar refractivity (Wildman–Crippen MR) is 101 cm³/mol. The molecule has 0 heterocycles. The average Bonchev–Trinajstić information content (AvgIpc) is 2.60. The van der Waals surface area contributed by atoms with E-state index in [1.807, 2.05) is 31.2 Å². The number of hydrogen-bond donors (Lipinski definition) is 2. The summed E-state index contributed by atoms with van der Waals surface area (Å²) in [4.78, 5) is 23.4. The quantitative estimate of drug-likeness (QED) is 0.662. The number of carbonyl (C=O) groups is 2. The summed E-state index contributed by atoms with van der Waals surface area (Å²) < 4.78 is 6.26. The van der Waals surface area contributed by atoms with E-state index in [9.17, 15) is 14.7 Å². The number of carboxylic acid groups (broad SMARTS) is 1. The highest BCUT2D eigenvalue weighted by atomic mass is 79.9. The van der Waals surface area contributed by atoms with E-state index in [4.69, 9.17) is 4.74 Å². The number of aromatic carboxylic acids is 1. The maximum atomic E-state index is 12.1. The first-order valence-electron chi connectivity index (χ1n) is 7.75. The molecule has 2 N–H and O–H groups in total. The van der Waals surface area contributed by atoms with Crippen molar-refractivity contribution in [1.29, 1.82) is 0 Å². The Morgan fingerprint density at radius 1 is 1.24 bits per heavy atom. The number of hydrogen-bond acceptors (Lipinski definition) is 3. The van der Waals surface area contributed by atoms with Crippen LogP contribution in [0.2, 0.25) is 0 Å². The number of benzene rings is 2. The second-order valence-electron chi connectivity index (χ2n) is 5.20. The van der Waals surface area contributed by atoms with Crippen LogP contribution in [0.25, 0.3) is 6.08 Å². The summed E-state index contributed by atoms with van der Waals surface area (Å²) in [6.07, 6.45) is 3.88. The minimum atomic E-state index is -1.11. The van der Waals surface area contributed by atoms with Crippen LogP contribution in [0.1, 0.15) is 29.3 Å². The van der Waals surface area contributed by atoms with E-state index in [-0.39, 0.29) is 11.3 Å². The maximum Gasteiger partial charge on any atom is 0.337 e. The second-order valence-corrected chi connectivity index (χ2v) is 6.12. The molecule has 0 fully saturated rings. The summed E-state index contributed by atoms with van der Waals surface area (Å²) in [5.41, 5.74) is 1.03. The second kappa shape index (κ2) is 9.03. The Balaban J connectivity index is 2.13. The zero-order valence-corrected chi connectivity index (χ0v) is 15.2. The van der Waals surface area contributed by atoms with E-state index < -0.39 is 11.9 Å². The van der Waals surface area contributed by atoms with Gasteiger partial charge in [-0.15, -0.1) is 0 Å². The smallest absolute Gasteiger partial charge is 0.337 e. The van der Waals surface area contributed by atoms with Gasteiger partial charge in [0.05, 0.1) is 17.9 Å². The molecule has 0 radical (unpaired) electrons. The first-order chi connectivity index (χ1) is 12.0. The Morgan fingerprint density at radius 2 is 2.00 bits per heavy atom. The molecule has 0 atom stereocenters. The molecular formula is C19H18BrNO4. The number of carbonyl (C=O) groups excluding carboxylic acids is 1. The molecule has 5 nitrogen and oxygen atoms in total. The van der Waals surface area contributed by atoms with Crippen molar-refractivity contribution >= 4 is 39.6 Å². The zero-order chi connectivity index (χ0) is 18.2. The van der Waals surface area contributed by atoms with Gasteiger partial charge in [0.25, 0.3) is 0 Å². The largest absolute Gasteiger partial charge is 0.493 e. The van der Waals surface area contributed by atoms with Gasteiger partial charge in [0, 0.05) is 16.1 Å². The molecule has 0 aliphatic heterocycles. The van der Waals surface area contributed by atoms with Crippen LogP contribution >= 0.6 is 15.9 Å². The van der Waals surface area contributed by atoms with Gasteiger partial charge in [-0.05, 0) is 36.8 Å². The predicted octanol–water partition coefficient (Wildman–Crippen LogP) is 4.59. The molecule has 0 aliphatic carbocycles. The molecule has 2 aromatic carbocycles. The van der Waals surface area contributed by atoms with E-state index in [2.05, 4.69) is 21.2 Å². The highest BCUT2D eigenvalue weighted by molar-refractivity contribution is 9.10. The zero-order valence-electron chi connectivity index (χ0n) is 13.7. The summed E-state index contributed by atoms with van der Waals surface area (Å²) in [6.45, 7) is 2.61. The normalized spacial score (nSPS) is 10.6. The van der Waals surface area contributed by atoms with Crippen LogP contribution in [-0.4, -0.2) is 23.6 Å². The number of amides is 1. The maximum absolute atomic E-state index is 12.1. The van der Waals surface area contributed by atoms with Crippen molar-refractivity contribution in [1.82, 2.24) is 0 Å². The van der Waals surface area contributed by atoms with Gasteiger partial charge in [-0.25, -0.2) is 4.79 Å². The lowest BCUT2D eigenvalue weighted by atomic mass is 10.1. The molecule has 0 saturated heterocycles. The fourth-order valence-electron chi connectivity index (χ4n) is 2.10. The molecule has 1 amide bonds. The Bertz CT molecular complexity index is 802. The molecule has 0 unspecified atom stereocenters. The molecule has 130 valence electrons.